The predicted molar refractivity (Wildman–Crippen MR) is 24.4 cm³/mol. The first-order chi connectivity index (χ1) is 3.13. The molecule has 0 aromatic rings. The number of carbonyl (C=O) groups excluding carboxylic acids is 1. The minimum atomic E-state index is -0.187. The Morgan fingerprint density at radius 1 is 1.50 bits per heavy atom. The summed E-state index contributed by atoms with van der Waals surface area (Å²) in [6.07, 6.45) is 1.06. The van der Waals surface area contributed by atoms with Crippen LogP contribution in [0.25, 0.3) is 0 Å². The number of hydrogen-bond donors (Lipinski definition) is 0. The summed E-state index contributed by atoms with van der Waals surface area (Å²) in [6, 6.07) is 0. The van der Waals surface area contributed by atoms with Crippen LogP contribution in [0.3, 0.4) is 0 Å². The van der Waals surface area contributed by atoms with Crippen molar-refractivity contribution in [3.63, 3.8) is 0 Å². The Labute approximate surface area is 59.1 Å². The van der Waals surface area contributed by atoms with Crippen molar-refractivity contribution < 1.29 is 27.0 Å². The van der Waals surface area contributed by atoms with Gasteiger partial charge in [-0.1, -0.05) is 6.92 Å². The molecule has 0 aliphatic rings. The number of hydrogen-bond acceptors (Lipinski definition) is 2. The third-order valence-electron chi connectivity index (χ3n) is 0.407. The summed E-state index contributed by atoms with van der Waals surface area (Å²) in [5, 5.41) is 9.98. The standard InChI is InChI=1S/C5H8O2.Mn/c1-4(6)3-5(2)7;/h3,6H,1-2H3;/q;+3/p-1/b4-3-;. The van der Waals surface area contributed by atoms with Crippen LogP contribution in [0, 0.1) is 0 Å². The Bertz CT molecular complexity index is 103. The summed E-state index contributed by atoms with van der Waals surface area (Å²) in [7, 11) is 0. The van der Waals surface area contributed by atoms with Crippen LogP contribution in [0.4, 0.5) is 0 Å². The second-order valence-electron chi connectivity index (χ2n) is 1.37. The molecule has 0 unspecified atom stereocenters. The third-order valence-corrected chi connectivity index (χ3v) is 0.407. The van der Waals surface area contributed by atoms with Gasteiger partial charge >= 0.3 is 17.1 Å². The van der Waals surface area contributed by atoms with E-state index < -0.39 is 0 Å². The average Bonchev–Trinajstić information content (AvgIpc) is 1.27. The molecular formula is C5H7MnO2+2. The number of ketones is 1. The first kappa shape index (κ1) is 10.7. The van der Waals surface area contributed by atoms with E-state index in [0.29, 0.717) is 0 Å². The molecule has 0 saturated carbocycles. The average molecular weight is 154 g/mol. The van der Waals surface area contributed by atoms with E-state index in [1.54, 1.807) is 0 Å². The zero-order valence-electron chi connectivity index (χ0n) is 4.77. The van der Waals surface area contributed by atoms with Crippen molar-refractivity contribution >= 4 is 5.78 Å². The van der Waals surface area contributed by atoms with Crippen LogP contribution in [0.5, 0.6) is 0 Å². The van der Waals surface area contributed by atoms with Crippen molar-refractivity contribution in [1.82, 2.24) is 0 Å². The fraction of sp³-hybridized carbons (Fsp3) is 0.400. The summed E-state index contributed by atoms with van der Waals surface area (Å²) in [6.45, 7) is 2.70. The number of rotatable bonds is 1. The van der Waals surface area contributed by atoms with E-state index in [0.717, 1.165) is 6.08 Å². The molecule has 0 aromatic heterocycles. The molecule has 0 heterocycles. The second kappa shape index (κ2) is 4.88. The van der Waals surface area contributed by atoms with Crippen LogP contribution in [0.15, 0.2) is 11.8 Å². The molecule has 44 valence electrons. The van der Waals surface area contributed by atoms with Gasteiger partial charge in [0.05, 0.1) is 0 Å². The maximum absolute atomic E-state index is 9.98. The Balaban J connectivity index is 0. The molecule has 0 aliphatic carbocycles. The Morgan fingerprint density at radius 3 is 1.88 bits per heavy atom. The van der Waals surface area contributed by atoms with Gasteiger partial charge in [-0.25, -0.2) is 0 Å². The first-order valence-corrected chi connectivity index (χ1v) is 1.99. The summed E-state index contributed by atoms with van der Waals surface area (Å²) >= 11 is 0. The molecule has 8 heavy (non-hydrogen) atoms. The fourth-order valence-corrected chi connectivity index (χ4v) is 0.286. The monoisotopic (exact) mass is 154 g/mol. The van der Waals surface area contributed by atoms with Gasteiger partial charge in [0.15, 0.2) is 5.78 Å². The van der Waals surface area contributed by atoms with E-state index in [4.69, 9.17) is 0 Å². The van der Waals surface area contributed by atoms with Gasteiger partial charge in [-0.15, -0.1) is 5.76 Å². The zero-order chi connectivity index (χ0) is 5.86. The van der Waals surface area contributed by atoms with E-state index in [1.807, 2.05) is 0 Å². The molecule has 3 heteroatoms. The fourth-order valence-electron chi connectivity index (χ4n) is 0.286. The minimum absolute atomic E-state index is 0. The normalized spacial score (nSPS) is 10.0. The van der Waals surface area contributed by atoms with Gasteiger partial charge in [-0.3, -0.25) is 4.79 Å². The summed E-state index contributed by atoms with van der Waals surface area (Å²) in [5.41, 5.74) is 0. The van der Waals surface area contributed by atoms with Gasteiger partial charge in [-0.05, 0) is 13.0 Å². The topological polar surface area (TPSA) is 40.1 Å². The molecule has 0 saturated heterocycles. The van der Waals surface area contributed by atoms with E-state index in [2.05, 4.69) is 0 Å². The van der Waals surface area contributed by atoms with Gasteiger partial charge < -0.3 is 5.11 Å². The SMILES string of the molecule is CC(=O)/C=C(/C)[O-].[Mn+3]. The maximum atomic E-state index is 9.98. The Hall–Kier alpha value is -0.271. The van der Waals surface area contributed by atoms with E-state index in [-0.39, 0.29) is 28.6 Å². The first-order valence-electron chi connectivity index (χ1n) is 1.99. The van der Waals surface area contributed by atoms with Crippen LogP contribution in [0.2, 0.25) is 0 Å². The van der Waals surface area contributed by atoms with E-state index >= 15 is 0 Å². The minimum Gasteiger partial charge on any atom is -0.876 e. The molecule has 0 aromatic carbocycles. The molecule has 0 bridgehead atoms. The summed E-state index contributed by atoms with van der Waals surface area (Å²) < 4.78 is 0. The molecule has 0 aliphatic heterocycles. The van der Waals surface area contributed by atoms with Gasteiger partial charge in [0.1, 0.15) is 0 Å². The van der Waals surface area contributed by atoms with Gasteiger partial charge in [0, 0.05) is 0 Å². The molecule has 0 amide bonds. The van der Waals surface area contributed by atoms with Crippen molar-refractivity contribution in [3.05, 3.63) is 11.8 Å². The molecule has 0 spiro atoms. The van der Waals surface area contributed by atoms with Crippen LogP contribution < -0.4 is 5.11 Å². The van der Waals surface area contributed by atoms with Crippen molar-refractivity contribution in [2.75, 3.05) is 0 Å². The molecule has 0 N–H and O–H groups in total. The molecule has 0 fully saturated rings. The van der Waals surface area contributed by atoms with Crippen LogP contribution in [-0.4, -0.2) is 5.78 Å². The largest absolute Gasteiger partial charge is 3.00 e. The van der Waals surface area contributed by atoms with Gasteiger partial charge in [-0.2, -0.15) is 0 Å². The van der Waals surface area contributed by atoms with Gasteiger partial charge in [0.25, 0.3) is 0 Å². The van der Waals surface area contributed by atoms with Gasteiger partial charge in [0.2, 0.25) is 0 Å². The Kier molecular flexibility index (Phi) is 6.50. The molecule has 2 nitrogen and oxygen atoms in total. The maximum Gasteiger partial charge on any atom is 3.00 e. The zero-order valence-corrected chi connectivity index (χ0v) is 5.95. The van der Waals surface area contributed by atoms with Crippen molar-refractivity contribution in [1.29, 1.82) is 0 Å². The molecule has 0 atom stereocenters. The molecular weight excluding hydrogens is 147 g/mol. The van der Waals surface area contributed by atoms with Crippen LogP contribution in [-0.2, 0) is 21.9 Å². The molecule has 0 radical (unpaired) electrons. The van der Waals surface area contributed by atoms with E-state index in [9.17, 15) is 9.90 Å². The van der Waals surface area contributed by atoms with E-state index in [1.165, 1.54) is 13.8 Å². The molecule has 0 rings (SSSR count). The van der Waals surface area contributed by atoms with Crippen molar-refractivity contribution in [2.45, 2.75) is 13.8 Å². The second-order valence-corrected chi connectivity index (χ2v) is 1.37. The summed E-state index contributed by atoms with van der Waals surface area (Å²) in [4.78, 5) is 9.98. The quantitative estimate of drug-likeness (QED) is 0.299. The van der Waals surface area contributed by atoms with Crippen LogP contribution in [0.1, 0.15) is 13.8 Å². The van der Waals surface area contributed by atoms with Crippen molar-refractivity contribution in [3.8, 4) is 0 Å². The number of allylic oxidation sites excluding steroid dienone is 2. The van der Waals surface area contributed by atoms with Crippen molar-refractivity contribution in [2.24, 2.45) is 0 Å². The van der Waals surface area contributed by atoms with Crippen LogP contribution >= 0.6 is 0 Å². The smallest absolute Gasteiger partial charge is 0.876 e. The number of carbonyl (C=O) groups is 1. The third kappa shape index (κ3) is 9.21. The summed E-state index contributed by atoms with van der Waals surface area (Å²) in [5.74, 6) is -0.375. The Morgan fingerprint density at radius 2 is 1.88 bits per heavy atom. The predicted octanol–water partition coefficient (Wildman–Crippen LogP) is -0.163.